The maximum atomic E-state index is 12.4. The lowest BCUT2D eigenvalue weighted by atomic mass is 10.1. The first kappa shape index (κ1) is 18.2. The third-order valence-electron chi connectivity index (χ3n) is 5.14. The van der Waals surface area contributed by atoms with Crippen LogP contribution in [0, 0.1) is 0 Å². The summed E-state index contributed by atoms with van der Waals surface area (Å²) in [5, 5.41) is 12.0. The van der Waals surface area contributed by atoms with Crippen molar-refractivity contribution in [1.29, 1.82) is 0 Å². The number of unbranched alkanes of at least 4 members (excludes halogenated alkanes) is 1. The molecular weight excluding hydrogens is 314 g/mol. The van der Waals surface area contributed by atoms with Crippen LogP contribution in [-0.4, -0.2) is 54.7 Å². The molecule has 1 saturated carbocycles. The third kappa shape index (κ3) is 5.72. The third-order valence-corrected chi connectivity index (χ3v) is 5.14. The summed E-state index contributed by atoms with van der Waals surface area (Å²) >= 11 is 0. The number of anilines is 2. The minimum atomic E-state index is 0.0571. The van der Waals surface area contributed by atoms with Crippen LogP contribution in [0.5, 0.6) is 0 Å². The van der Waals surface area contributed by atoms with Crippen molar-refractivity contribution in [2.75, 3.05) is 43.0 Å². The molecule has 138 valence electrons. The van der Waals surface area contributed by atoms with Crippen molar-refractivity contribution in [1.82, 2.24) is 4.90 Å². The van der Waals surface area contributed by atoms with Gasteiger partial charge in [0, 0.05) is 37.1 Å². The number of carbonyl (C=O) groups is 1. The smallest absolute Gasteiger partial charge is 0.238 e. The minimum absolute atomic E-state index is 0.0571. The number of amides is 1. The molecule has 0 aromatic heterocycles. The number of aliphatic hydroxyl groups excluding tert-OH is 1. The molecule has 2 N–H and O–H groups in total. The molecule has 5 heteroatoms. The Labute approximate surface area is 151 Å². The van der Waals surface area contributed by atoms with Crippen LogP contribution in [0.2, 0.25) is 0 Å². The molecule has 0 spiro atoms. The van der Waals surface area contributed by atoms with Crippen molar-refractivity contribution in [3.63, 3.8) is 0 Å². The van der Waals surface area contributed by atoms with E-state index in [9.17, 15) is 4.79 Å². The van der Waals surface area contributed by atoms with E-state index in [-0.39, 0.29) is 12.5 Å². The van der Waals surface area contributed by atoms with E-state index in [1.165, 1.54) is 37.8 Å². The highest BCUT2D eigenvalue weighted by Gasteiger charge is 2.29. The Balaban J connectivity index is 1.48. The molecule has 25 heavy (non-hydrogen) atoms. The summed E-state index contributed by atoms with van der Waals surface area (Å²) in [5.74, 6) is 0.0571. The molecule has 1 saturated heterocycles. The molecule has 1 aliphatic heterocycles. The molecule has 1 aromatic rings. The Morgan fingerprint density at radius 2 is 1.84 bits per heavy atom. The van der Waals surface area contributed by atoms with Gasteiger partial charge in [-0.25, -0.2) is 0 Å². The Kier molecular flexibility index (Phi) is 6.70. The number of carbonyl (C=O) groups excluding carboxylic acids is 1. The van der Waals surface area contributed by atoms with Crippen molar-refractivity contribution < 1.29 is 9.90 Å². The van der Waals surface area contributed by atoms with Gasteiger partial charge in [0.25, 0.3) is 0 Å². The van der Waals surface area contributed by atoms with Crippen LogP contribution in [-0.2, 0) is 4.79 Å². The Morgan fingerprint density at radius 3 is 2.48 bits per heavy atom. The second kappa shape index (κ2) is 9.20. The number of piperidine rings is 1. The maximum Gasteiger partial charge on any atom is 0.238 e. The van der Waals surface area contributed by atoms with Gasteiger partial charge in [0.05, 0.1) is 6.54 Å². The molecule has 3 rings (SSSR count). The summed E-state index contributed by atoms with van der Waals surface area (Å²) in [6.07, 6.45) is 8.01. The fourth-order valence-corrected chi connectivity index (χ4v) is 3.55. The second-order valence-electron chi connectivity index (χ2n) is 7.28. The van der Waals surface area contributed by atoms with Crippen LogP contribution in [0.3, 0.4) is 0 Å². The molecule has 0 bridgehead atoms. The van der Waals surface area contributed by atoms with Gasteiger partial charge >= 0.3 is 0 Å². The monoisotopic (exact) mass is 345 g/mol. The first-order chi connectivity index (χ1) is 12.3. The maximum absolute atomic E-state index is 12.4. The van der Waals surface area contributed by atoms with Gasteiger partial charge in [-0.3, -0.25) is 9.69 Å². The number of nitrogens with zero attached hydrogens (tertiary/aromatic N) is 2. The summed E-state index contributed by atoms with van der Waals surface area (Å²) in [4.78, 5) is 17.0. The molecule has 1 heterocycles. The van der Waals surface area contributed by atoms with Crippen molar-refractivity contribution in [2.45, 2.75) is 51.0 Å². The Bertz CT molecular complexity index is 536. The van der Waals surface area contributed by atoms with Crippen LogP contribution in [0.4, 0.5) is 11.4 Å². The summed E-state index contributed by atoms with van der Waals surface area (Å²) in [5.41, 5.74) is 2.12. The summed E-state index contributed by atoms with van der Waals surface area (Å²) in [7, 11) is 0. The summed E-state index contributed by atoms with van der Waals surface area (Å²) in [6.45, 7) is 3.84. The lowest BCUT2D eigenvalue weighted by Crippen LogP contribution is -2.35. The molecular formula is C20H31N3O2. The predicted molar refractivity (Wildman–Crippen MR) is 102 cm³/mol. The van der Waals surface area contributed by atoms with Crippen LogP contribution < -0.4 is 10.2 Å². The normalized spacial score (nSPS) is 17.8. The number of hydrogen-bond donors (Lipinski definition) is 2. The topological polar surface area (TPSA) is 55.8 Å². The van der Waals surface area contributed by atoms with Gasteiger partial charge in [-0.05, 0) is 75.8 Å². The fraction of sp³-hybridized carbons (Fsp3) is 0.650. The molecule has 0 unspecified atom stereocenters. The molecule has 1 amide bonds. The van der Waals surface area contributed by atoms with E-state index < -0.39 is 0 Å². The van der Waals surface area contributed by atoms with E-state index in [4.69, 9.17) is 5.11 Å². The number of aliphatic hydroxyl groups is 1. The zero-order valence-electron chi connectivity index (χ0n) is 15.1. The van der Waals surface area contributed by atoms with Gasteiger partial charge < -0.3 is 15.3 Å². The van der Waals surface area contributed by atoms with Gasteiger partial charge in [0.15, 0.2) is 0 Å². The van der Waals surface area contributed by atoms with Gasteiger partial charge in [-0.15, -0.1) is 0 Å². The lowest BCUT2D eigenvalue weighted by molar-refractivity contribution is -0.117. The SMILES string of the molecule is O=C(CN(CCCCO)C1CC1)Nc1ccc(N2CCCCC2)cc1. The molecule has 5 nitrogen and oxygen atoms in total. The standard InChI is InChI=1S/C20H31N3O2/c24-15-5-4-14-23(19-10-11-19)16-20(25)21-17-6-8-18(9-7-17)22-12-2-1-3-13-22/h6-9,19,24H,1-5,10-16H2,(H,21,25). The molecule has 2 fully saturated rings. The zero-order chi connectivity index (χ0) is 17.5. The predicted octanol–water partition coefficient (Wildman–Crippen LogP) is 2.85. The fourth-order valence-electron chi connectivity index (χ4n) is 3.55. The highest BCUT2D eigenvalue weighted by atomic mass is 16.2. The van der Waals surface area contributed by atoms with Crippen LogP contribution >= 0.6 is 0 Å². The molecule has 0 atom stereocenters. The highest BCUT2D eigenvalue weighted by molar-refractivity contribution is 5.92. The van der Waals surface area contributed by atoms with E-state index in [0.29, 0.717) is 12.6 Å². The number of hydrogen-bond acceptors (Lipinski definition) is 4. The van der Waals surface area contributed by atoms with Gasteiger partial charge in [-0.1, -0.05) is 0 Å². The molecule has 0 radical (unpaired) electrons. The van der Waals surface area contributed by atoms with Crippen molar-refractivity contribution in [3.8, 4) is 0 Å². The molecule has 1 aliphatic carbocycles. The van der Waals surface area contributed by atoms with Crippen LogP contribution in [0.15, 0.2) is 24.3 Å². The van der Waals surface area contributed by atoms with Crippen molar-refractivity contribution in [3.05, 3.63) is 24.3 Å². The van der Waals surface area contributed by atoms with Gasteiger partial charge in [-0.2, -0.15) is 0 Å². The molecule has 2 aliphatic rings. The zero-order valence-corrected chi connectivity index (χ0v) is 15.1. The largest absolute Gasteiger partial charge is 0.396 e. The number of nitrogens with one attached hydrogen (secondary N) is 1. The summed E-state index contributed by atoms with van der Waals surface area (Å²) < 4.78 is 0. The van der Waals surface area contributed by atoms with Crippen LogP contribution in [0.25, 0.3) is 0 Å². The highest BCUT2D eigenvalue weighted by Crippen LogP contribution is 2.27. The van der Waals surface area contributed by atoms with Crippen LogP contribution in [0.1, 0.15) is 44.9 Å². The van der Waals surface area contributed by atoms with Crippen molar-refractivity contribution in [2.24, 2.45) is 0 Å². The summed E-state index contributed by atoms with van der Waals surface area (Å²) in [6, 6.07) is 8.80. The van der Waals surface area contributed by atoms with Gasteiger partial charge in [0.2, 0.25) is 5.91 Å². The molecule has 1 aromatic carbocycles. The van der Waals surface area contributed by atoms with Gasteiger partial charge in [0.1, 0.15) is 0 Å². The van der Waals surface area contributed by atoms with Crippen molar-refractivity contribution >= 4 is 17.3 Å². The first-order valence-electron chi connectivity index (χ1n) is 9.76. The van der Waals surface area contributed by atoms with E-state index in [1.54, 1.807) is 0 Å². The Hall–Kier alpha value is -1.59. The second-order valence-corrected chi connectivity index (χ2v) is 7.28. The Morgan fingerprint density at radius 1 is 1.12 bits per heavy atom. The van der Waals surface area contributed by atoms with E-state index in [2.05, 4.69) is 27.2 Å². The van der Waals surface area contributed by atoms with E-state index in [1.807, 2.05) is 12.1 Å². The lowest BCUT2D eigenvalue weighted by Gasteiger charge is -2.28. The number of benzene rings is 1. The minimum Gasteiger partial charge on any atom is -0.396 e. The number of rotatable bonds is 9. The quantitative estimate of drug-likeness (QED) is 0.676. The van der Waals surface area contributed by atoms with E-state index >= 15 is 0 Å². The average Bonchev–Trinajstić information content (AvgIpc) is 3.47. The first-order valence-corrected chi connectivity index (χ1v) is 9.76. The van der Waals surface area contributed by atoms with E-state index in [0.717, 1.165) is 38.2 Å². The average molecular weight is 345 g/mol.